The fourth-order valence-electron chi connectivity index (χ4n) is 1.57. The molecule has 2 aromatic rings. The van der Waals surface area contributed by atoms with E-state index in [0.29, 0.717) is 5.69 Å². The Morgan fingerprint density at radius 1 is 1.05 bits per heavy atom. The minimum atomic E-state index is -4.48. The van der Waals surface area contributed by atoms with Crippen LogP contribution >= 0.6 is 15.9 Å². The van der Waals surface area contributed by atoms with Gasteiger partial charge in [0.05, 0.1) is 11.3 Å². The Hall–Kier alpha value is -2.02. The molecule has 2 N–H and O–H groups in total. The van der Waals surface area contributed by atoms with Gasteiger partial charge < -0.3 is 0 Å². The number of hydrogen-bond acceptors (Lipinski definition) is 2. The van der Waals surface area contributed by atoms with Crippen molar-refractivity contribution in [2.24, 2.45) is 0 Å². The van der Waals surface area contributed by atoms with Crippen molar-refractivity contribution in [1.29, 1.82) is 0 Å². The third kappa shape index (κ3) is 4.22. The average molecular weight is 359 g/mol. The van der Waals surface area contributed by atoms with Crippen LogP contribution in [0, 0.1) is 0 Å². The van der Waals surface area contributed by atoms with Crippen LogP contribution in [0.15, 0.2) is 53.0 Å². The highest BCUT2D eigenvalue weighted by Crippen LogP contribution is 2.29. The molecule has 0 heterocycles. The molecule has 3 nitrogen and oxygen atoms in total. The van der Waals surface area contributed by atoms with Crippen molar-refractivity contribution in [2.75, 3.05) is 5.43 Å². The second kappa shape index (κ2) is 6.17. The van der Waals surface area contributed by atoms with E-state index in [4.69, 9.17) is 0 Å². The molecule has 0 aliphatic heterocycles. The lowest BCUT2D eigenvalue weighted by molar-refractivity contribution is -0.137. The molecule has 110 valence electrons. The largest absolute Gasteiger partial charge is 0.416 e. The van der Waals surface area contributed by atoms with Crippen molar-refractivity contribution < 1.29 is 18.0 Å². The molecule has 1 amide bonds. The van der Waals surface area contributed by atoms with Gasteiger partial charge in [0.15, 0.2) is 0 Å². The molecule has 0 fully saturated rings. The van der Waals surface area contributed by atoms with Crippen molar-refractivity contribution in [3.63, 3.8) is 0 Å². The van der Waals surface area contributed by atoms with E-state index in [2.05, 4.69) is 26.8 Å². The van der Waals surface area contributed by atoms with Crippen LogP contribution in [0.1, 0.15) is 15.9 Å². The van der Waals surface area contributed by atoms with Crippen LogP contribution in [-0.2, 0) is 6.18 Å². The van der Waals surface area contributed by atoms with Gasteiger partial charge in [-0.2, -0.15) is 13.2 Å². The molecule has 21 heavy (non-hydrogen) atoms. The van der Waals surface area contributed by atoms with E-state index in [9.17, 15) is 18.0 Å². The van der Waals surface area contributed by atoms with Gasteiger partial charge >= 0.3 is 6.18 Å². The van der Waals surface area contributed by atoms with E-state index in [1.54, 1.807) is 24.3 Å². The summed E-state index contributed by atoms with van der Waals surface area (Å²) in [6.45, 7) is 0. The summed E-state index contributed by atoms with van der Waals surface area (Å²) >= 11 is 3.27. The number of halogens is 4. The first-order valence-corrected chi connectivity index (χ1v) is 6.65. The Labute approximate surface area is 127 Å². The highest BCUT2D eigenvalue weighted by atomic mass is 79.9. The van der Waals surface area contributed by atoms with E-state index >= 15 is 0 Å². The summed E-state index contributed by atoms with van der Waals surface area (Å²) in [5, 5.41) is 0. The van der Waals surface area contributed by atoms with Crippen molar-refractivity contribution in [3.8, 4) is 0 Å². The van der Waals surface area contributed by atoms with Crippen molar-refractivity contribution in [3.05, 3.63) is 64.1 Å². The molecule has 0 bridgehead atoms. The fourth-order valence-corrected chi connectivity index (χ4v) is 1.84. The maximum atomic E-state index is 12.6. The van der Waals surface area contributed by atoms with Gasteiger partial charge in [0.2, 0.25) is 0 Å². The van der Waals surface area contributed by atoms with Crippen LogP contribution in [-0.4, -0.2) is 5.91 Å². The maximum absolute atomic E-state index is 12.6. The second-order valence-electron chi connectivity index (χ2n) is 4.16. The van der Waals surface area contributed by atoms with Gasteiger partial charge in [-0.05, 0) is 42.5 Å². The number of benzene rings is 2. The van der Waals surface area contributed by atoms with E-state index in [1.165, 1.54) is 12.1 Å². The zero-order valence-corrected chi connectivity index (χ0v) is 12.1. The highest BCUT2D eigenvalue weighted by Gasteiger charge is 2.30. The van der Waals surface area contributed by atoms with Crippen LogP contribution in [0.3, 0.4) is 0 Å². The maximum Gasteiger partial charge on any atom is 0.416 e. The standard InChI is InChI=1S/C14H10BrF3N2O/c15-11-4-6-12(7-5-11)19-20-13(21)9-2-1-3-10(8-9)14(16,17)18/h1-8,19H,(H,20,21). The quantitative estimate of drug-likeness (QED) is 0.806. The lowest BCUT2D eigenvalue weighted by Gasteiger charge is -2.10. The third-order valence-electron chi connectivity index (χ3n) is 2.62. The fraction of sp³-hybridized carbons (Fsp3) is 0.0714. The predicted molar refractivity (Wildman–Crippen MR) is 76.7 cm³/mol. The summed E-state index contributed by atoms with van der Waals surface area (Å²) < 4.78 is 38.6. The molecule has 2 aromatic carbocycles. The number of anilines is 1. The number of rotatable bonds is 3. The van der Waals surface area contributed by atoms with E-state index in [-0.39, 0.29) is 5.56 Å². The summed E-state index contributed by atoms with van der Waals surface area (Å²) in [5.41, 5.74) is 4.64. The molecular formula is C14H10BrF3N2O. The van der Waals surface area contributed by atoms with Crippen molar-refractivity contribution in [1.82, 2.24) is 5.43 Å². The molecule has 0 unspecified atom stereocenters. The second-order valence-corrected chi connectivity index (χ2v) is 5.08. The number of alkyl halides is 3. The van der Waals surface area contributed by atoms with Crippen LogP contribution in [0.4, 0.5) is 18.9 Å². The van der Waals surface area contributed by atoms with Crippen LogP contribution in [0.25, 0.3) is 0 Å². The number of nitrogens with one attached hydrogen (secondary N) is 2. The summed E-state index contributed by atoms with van der Waals surface area (Å²) in [6, 6.07) is 11.2. The number of hydrogen-bond donors (Lipinski definition) is 2. The van der Waals surface area contributed by atoms with E-state index < -0.39 is 17.6 Å². The number of hydrazine groups is 1. The molecule has 0 radical (unpaired) electrons. The summed E-state index contributed by atoms with van der Waals surface area (Å²) in [5.74, 6) is -0.649. The monoisotopic (exact) mass is 358 g/mol. The molecule has 0 aliphatic rings. The lowest BCUT2D eigenvalue weighted by atomic mass is 10.1. The van der Waals surface area contributed by atoms with Crippen molar-refractivity contribution >= 4 is 27.5 Å². The third-order valence-corrected chi connectivity index (χ3v) is 3.15. The Bertz CT molecular complexity index is 641. The minimum Gasteiger partial charge on any atom is -0.298 e. The van der Waals surface area contributed by atoms with Gasteiger partial charge in [-0.25, -0.2) is 0 Å². The Balaban J connectivity index is 2.05. The first-order valence-electron chi connectivity index (χ1n) is 5.85. The molecule has 0 saturated heterocycles. The zero-order chi connectivity index (χ0) is 15.5. The molecule has 0 atom stereocenters. The zero-order valence-electron chi connectivity index (χ0n) is 10.5. The summed E-state index contributed by atoms with van der Waals surface area (Å²) in [7, 11) is 0. The van der Waals surface area contributed by atoms with E-state index in [1.807, 2.05) is 0 Å². The number of carbonyl (C=O) groups excluding carboxylic acids is 1. The smallest absolute Gasteiger partial charge is 0.298 e. The van der Waals surface area contributed by atoms with Crippen LogP contribution < -0.4 is 10.9 Å². The van der Waals surface area contributed by atoms with Gasteiger partial charge in [0, 0.05) is 10.0 Å². The van der Waals surface area contributed by atoms with Crippen LogP contribution in [0.5, 0.6) is 0 Å². The molecule has 0 saturated carbocycles. The SMILES string of the molecule is O=C(NNc1ccc(Br)cc1)c1cccc(C(F)(F)F)c1. The van der Waals surface area contributed by atoms with Gasteiger partial charge in [-0.1, -0.05) is 22.0 Å². The molecule has 0 spiro atoms. The average Bonchev–Trinajstić information content (AvgIpc) is 2.45. The van der Waals surface area contributed by atoms with Gasteiger partial charge in [-0.15, -0.1) is 0 Å². The molecule has 0 aromatic heterocycles. The van der Waals surface area contributed by atoms with Crippen LogP contribution in [0.2, 0.25) is 0 Å². The Morgan fingerprint density at radius 3 is 2.33 bits per heavy atom. The van der Waals surface area contributed by atoms with E-state index in [0.717, 1.165) is 16.6 Å². The first-order chi connectivity index (χ1) is 9.86. The highest BCUT2D eigenvalue weighted by molar-refractivity contribution is 9.10. The molecule has 0 aliphatic carbocycles. The number of carbonyl (C=O) groups is 1. The topological polar surface area (TPSA) is 41.1 Å². The Morgan fingerprint density at radius 2 is 1.71 bits per heavy atom. The Kier molecular flexibility index (Phi) is 4.52. The van der Waals surface area contributed by atoms with Gasteiger partial charge in [0.25, 0.3) is 5.91 Å². The minimum absolute atomic E-state index is 0.0746. The lowest BCUT2D eigenvalue weighted by Crippen LogP contribution is -2.29. The summed E-state index contributed by atoms with van der Waals surface area (Å²) in [4.78, 5) is 11.8. The summed E-state index contributed by atoms with van der Waals surface area (Å²) in [6.07, 6.45) is -4.48. The van der Waals surface area contributed by atoms with Crippen molar-refractivity contribution in [2.45, 2.75) is 6.18 Å². The molecule has 7 heteroatoms. The van der Waals surface area contributed by atoms with Gasteiger partial charge in [0.1, 0.15) is 0 Å². The molecule has 2 rings (SSSR count). The first kappa shape index (κ1) is 15.4. The molecular weight excluding hydrogens is 349 g/mol. The predicted octanol–water partition coefficient (Wildman–Crippen LogP) is 4.22. The normalized spacial score (nSPS) is 11.0. The number of amides is 1. The van der Waals surface area contributed by atoms with Gasteiger partial charge in [-0.3, -0.25) is 15.6 Å².